The van der Waals surface area contributed by atoms with Gasteiger partial charge in [-0.3, -0.25) is 14.5 Å². The van der Waals surface area contributed by atoms with E-state index in [1.165, 1.54) is 16.3 Å². The molecular weight excluding hydrogens is 414 g/mol. The van der Waals surface area contributed by atoms with E-state index in [0.717, 1.165) is 17.7 Å². The van der Waals surface area contributed by atoms with Crippen LogP contribution in [0.25, 0.3) is 10.8 Å². The fourth-order valence-corrected chi connectivity index (χ4v) is 4.86. The van der Waals surface area contributed by atoms with Gasteiger partial charge in [0.05, 0.1) is 12.1 Å². The number of aromatic nitrogens is 1. The fourth-order valence-electron chi connectivity index (χ4n) is 4.86. The van der Waals surface area contributed by atoms with Gasteiger partial charge in [0.2, 0.25) is 11.8 Å². The van der Waals surface area contributed by atoms with Crippen LogP contribution >= 0.6 is 0 Å². The minimum atomic E-state index is -0.470. The summed E-state index contributed by atoms with van der Waals surface area (Å²) in [6.07, 6.45) is 1.49. The molecular formula is C26H31N5O2. The third kappa shape index (κ3) is 4.98. The number of carbonyl (C=O) groups excluding carboxylic acids is 2. The second-order valence-electron chi connectivity index (χ2n) is 8.93. The Morgan fingerprint density at radius 2 is 1.88 bits per heavy atom. The molecule has 2 unspecified atom stereocenters. The Labute approximate surface area is 194 Å². The third-order valence-electron chi connectivity index (χ3n) is 6.69. The molecule has 0 radical (unpaired) electrons. The lowest BCUT2D eigenvalue weighted by Crippen LogP contribution is -2.51. The molecule has 1 fully saturated rings. The minimum Gasteiger partial charge on any atom is -0.384 e. The second kappa shape index (κ2) is 9.58. The summed E-state index contributed by atoms with van der Waals surface area (Å²) in [5.74, 6) is 0.179. The molecule has 0 aliphatic carbocycles. The van der Waals surface area contributed by atoms with Crippen LogP contribution < -0.4 is 16.8 Å². The Hall–Kier alpha value is -3.45. The Morgan fingerprint density at radius 1 is 1.12 bits per heavy atom. The minimum absolute atomic E-state index is 0.136. The van der Waals surface area contributed by atoms with Gasteiger partial charge < -0.3 is 16.8 Å². The number of primary amides is 1. The molecule has 2 heterocycles. The number of carbonyl (C=O) groups is 2. The number of hydrogen-bond acceptors (Lipinski definition) is 5. The van der Waals surface area contributed by atoms with E-state index in [4.69, 9.17) is 11.5 Å². The molecule has 4 rings (SSSR count). The topological polar surface area (TPSA) is 114 Å². The van der Waals surface area contributed by atoms with Crippen LogP contribution in [-0.4, -0.2) is 40.3 Å². The van der Waals surface area contributed by atoms with Gasteiger partial charge in [-0.05, 0) is 60.6 Å². The standard InChI is InChI=1S/C26H31N5O2/c1-16-21(10-11-24(27)30-16)14-29-26(33)17(2)31-15-18(13-23(31)25(28)32)12-20-8-5-7-19-6-3-4-9-22(19)20/h3-11,17-18,23H,12-15H2,1-2H3,(H2,27,30)(H2,28,32)(H,29,33)/t17-,18?,23?/m0/s1. The van der Waals surface area contributed by atoms with Crippen molar-refractivity contribution in [2.75, 3.05) is 12.3 Å². The van der Waals surface area contributed by atoms with Crippen molar-refractivity contribution in [3.05, 3.63) is 71.4 Å². The van der Waals surface area contributed by atoms with E-state index >= 15 is 0 Å². The molecule has 5 N–H and O–H groups in total. The number of likely N-dealkylation sites (tertiary alicyclic amines) is 1. The zero-order valence-electron chi connectivity index (χ0n) is 19.1. The zero-order valence-corrected chi connectivity index (χ0v) is 19.1. The van der Waals surface area contributed by atoms with Crippen LogP contribution in [0.15, 0.2) is 54.6 Å². The van der Waals surface area contributed by atoms with Gasteiger partial charge in [0.15, 0.2) is 0 Å². The van der Waals surface area contributed by atoms with Gasteiger partial charge in [-0.1, -0.05) is 48.5 Å². The van der Waals surface area contributed by atoms with Gasteiger partial charge in [-0.25, -0.2) is 4.98 Å². The summed E-state index contributed by atoms with van der Waals surface area (Å²) in [5.41, 5.74) is 14.4. The second-order valence-corrected chi connectivity index (χ2v) is 8.93. The number of aryl methyl sites for hydroxylation is 1. The molecule has 2 amide bonds. The molecule has 1 aliphatic rings. The van der Waals surface area contributed by atoms with E-state index in [1.807, 2.05) is 36.9 Å². The maximum atomic E-state index is 12.9. The number of pyridine rings is 1. The quantitative estimate of drug-likeness (QED) is 0.517. The van der Waals surface area contributed by atoms with Crippen LogP contribution in [-0.2, 0) is 22.6 Å². The maximum Gasteiger partial charge on any atom is 0.237 e. The Bertz CT molecular complexity index is 1170. The maximum absolute atomic E-state index is 12.9. The monoisotopic (exact) mass is 445 g/mol. The fraction of sp³-hybridized carbons (Fsp3) is 0.346. The van der Waals surface area contributed by atoms with Crippen LogP contribution in [0.2, 0.25) is 0 Å². The number of fused-ring (bicyclic) bond motifs is 1. The number of nitrogens with one attached hydrogen (secondary N) is 1. The number of nitrogens with zero attached hydrogens (tertiary/aromatic N) is 2. The average molecular weight is 446 g/mol. The molecule has 2 aromatic carbocycles. The van der Waals surface area contributed by atoms with Crippen LogP contribution in [0, 0.1) is 12.8 Å². The Kier molecular flexibility index (Phi) is 6.60. The van der Waals surface area contributed by atoms with E-state index in [-0.39, 0.29) is 17.7 Å². The van der Waals surface area contributed by atoms with Gasteiger partial charge in [0, 0.05) is 18.8 Å². The van der Waals surface area contributed by atoms with E-state index in [1.54, 1.807) is 6.07 Å². The van der Waals surface area contributed by atoms with Gasteiger partial charge >= 0.3 is 0 Å². The number of hydrogen-bond donors (Lipinski definition) is 3. The largest absolute Gasteiger partial charge is 0.384 e. The third-order valence-corrected chi connectivity index (χ3v) is 6.69. The van der Waals surface area contributed by atoms with Crippen molar-refractivity contribution in [3.8, 4) is 0 Å². The van der Waals surface area contributed by atoms with Crippen LogP contribution in [0.1, 0.15) is 30.2 Å². The van der Waals surface area contributed by atoms with Crippen LogP contribution in [0.4, 0.5) is 5.82 Å². The first kappa shape index (κ1) is 22.7. The van der Waals surface area contributed by atoms with Crippen molar-refractivity contribution in [3.63, 3.8) is 0 Å². The number of nitrogens with two attached hydrogens (primary N) is 2. The van der Waals surface area contributed by atoms with Gasteiger partial charge in [0.25, 0.3) is 0 Å². The number of benzene rings is 2. The van der Waals surface area contributed by atoms with Gasteiger partial charge in [0.1, 0.15) is 5.82 Å². The summed E-state index contributed by atoms with van der Waals surface area (Å²) in [4.78, 5) is 31.4. The van der Waals surface area contributed by atoms with Crippen LogP contribution in [0.5, 0.6) is 0 Å². The number of rotatable bonds is 7. The summed E-state index contributed by atoms with van der Waals surface area (Å²) in [6, 6.07) is 17.3. The predicted molar refractivity (Wildman–Crippen MR) is 130 cm³/mol. The molecule has 1 aromatic heterocycles. The van der Waals surface area contributed by atoms with Crippen molar-refractivity contribution >= 4 is 28.4 Å². The molecule has 1 aliphatic heterocycles. The van der Waals surface area contributed by atoms with E-state index in [0.29, 0.717) is 25.3 Å². The lowest BCUT2D eigenvalue weighted by Gasteiger charge is -2.28. The number of amides is 2. The normalized spacial score (nSPS) is 19.5. The lowest BCUT2D eigenvalue weighted by atomic mass is 9.93. The highest BCUT2D eigenvalue weighted by atomic mass is 16.2. The molecule has 3 atom stereocenters. The molecule has 33 heavy (non-hydrogen) atoms. The molecule has 7 heteroatoms. The highest BCUT2D eigenvalue weighted by molar-refractivity contribution is 5.86. The van der Waals surface area contributed by atoms with Crippen molar-refractivity contribution < 1.29 is 9.59 Å². The average Bonchev–Trinajstić information content (AvgIpc) is 3.22. The van der Waals surface area contributed by atoms with E-state index in [2.05, 4.69) is 40.6 Å². The summed E-state index contributed by atoms with van der Waals surface area (Å²) in [7, 11) is 0. The predicted octanol–water partition coefficient (Wildman–Crippen LogP) is 2.55. The summed E-state index contributed by atoms with van der Waals surface area (Å²) in [5, 5.41) is 5.40. The molecule has 1 saturated heterocycles. The van der Waals surface area contributed by atoms with E-state index < -0.39 is 12.1 Å². The SMILES string of the molecule is Cc1nc(N)ccc1CNC(=O)[C@H](C)N1CC(Cc2cccc3ccccc23)CC1C(N)=O. The van der Waals surface area contributed by atoms with Crippen molar-refractivity contribution in [2.45, 2.75) is 45.3 Å². The Morgan fingerprint density at radius 3 is 2.64 bits per heavy atom. The zero-order chi connectivity index (χ0) is 23.5. The molecule has 172 valence electrons. The van der Waals surface area contributed by atoms with Crippen molar-refractivity contribution in [1.29, 1.82) is 0 Å². The molecule has 7 nitrogen and oxygen atoms in total. The first-order valence-electron chi connectivity index (χ1n) is 11.3. The molecule has 0 bridgehead atoms. The molecule has 3 aromatic rings. The van der Waals surface area contributed by atoms with Crippen molar-refractivity contribution in [2.24, 2.45) is 11.7 Å². The highest BCUT2D eigenvalue weighted by Gasteiger charge is 2.40. The lowest BCUT2D eigenvalue weighted by molar-refractivity contribution is -0.129. The number of nitrogen functional groups attached to an aromatic ring is 1. The van der Waals surface area contributed by atoms with Crippen molar-refractivity contribution in [1.82, 2.24) is 15.2 Å². The van der Waals surface area contributed by atoms with Gasteiger partial charge in [-0.2, -0.15) is 0 Å². The Balaban J connectivity index is 1.44. The summed E-state index contributed by atoms with van der Waals surface area (Å²) in [6.45, 7) is 4.70. The van der Waals surface area contributed by atoms with Gasteiger partial charge in [-0.15, -0.1) is 0 Å². The van der Waals surface area contributed by atoms with Crippen LogP contribution in [0.3, 0.4) is 0 Å². The summed E-state index contributed by atoms with van der Waals surface area (Å²) >= 11 is 0. The highest BCUT2D eigenvalue weighted by Crippen LogP contribution is 2.30. The molecule has 0 saturated carbocycles. The first-order chi connectivity index (χ1) is 15.8. The summed E-state index contributed by atoms with van der Waals surface area (Å²) < 4.78 is 0. The molecule has 0 spiro atoms. The van der Waals surface area contributed by atoms with E-state index in [9.17, 15) is 9.59 Å². The number of anilines is 1. The first-order valence-corrected chi connectivity index (χ1v) is 11.3. The smallest absolute Gasteiger partial charge is 0.237 e.